The predicted molar refractivity (Wildman–Crippen MR) is 94.0 cm³/mol. The van der Waals surface area contributed by atoms with E-state index in [1.165, 1.54) is 6.33 Å². The van der Waals surface area contributed by atoms with Gasteiger partial charge in [0.25, 0.3) is 5.91 Å². The van der Waals surface area contributed by atoms with Crippen molar-refractivity contribution < 1.29 is 14.7 Å². The molecule has 1 heterocycles. The molecule has 0 saturated heterocycles. The minimum absolute atomic E-state index is 0.384. The Balaban J connectivity index is 1.79. The van der Waals surface area contributed by atoms with Gasteiger partial charge >= 0.3 is 5.97 Å². The summed E-state index contributed by atoms with van der Waals surface area (Å²) in [6.07, 6.45) is 1.49. The molecule has 1 aromatic heterocycles. The predicted octanol–water partition coefficient (Wildman–Crippen LogP) is 2.50. The van der Waals surface area contributed by atoms with Gasteiger partial charge in [0.05, 0.1) is 5.52 Å². The van der Waals surface area contributed by atoms with Gasteiger partial charge in [-0.1, -0.05) is 11.6 Å². The summed E-state index contributed by atoms with van der Waals surface area (Å²) in [5.74, 6) is -0.841. The van der Waals surface area contributed by atoms with Gasteiger partial charge in [-0.25, -0.2) is 9.97 Å². The molecule has 3 N–H and O–H groups in total. The van der Waals surface area contributed by atoms with Crippen LogP contribution in [0, 0.1) is 6.92 Å². The molecule has 0 spiro atoms. The van der Waals surface area contributed by atoms with E-state index in [4.69, 9.17) is 5.11 Å². The number of carboxylic acid groups (broad SMARTS) is 1. The van der Waals surface area contributed by atoms with E-state index >= 15 is 0 Å². The lowest BCUT2D eigenvalue weighted by molar-refractivity contribution is -0.135. The van der Waals surface area contributed by atoms with E-state index in [1.807, 2.05) is 25.1 Å². The highest BCUT2D eigenvalue weighted by molar-refractivity contribution is 5.96. The number of rotatable bonds is 5. The highest BCUT2D eigenvalue weighted by atomic mass is 16.4. The van der Waals surface area contributed by atoms with Crippen molar-refractivity contribution in [2.45, 2.75) is 6.92 Å². The number of carbonyl (C=O) groups excluding carboxylic acids is 1. The molecule has 1 amide bonds. The van der Waals surface area contributed by atoms with Crippen molar-refractivity contribution in [1.29, 1.82) is 0 Å². The zero-order valence-corrected chi connectivity index (χ0v) is 13.5. The standard InChI is InChI=1S/C18H16N4O3/c1-11-2-7-15-14(8-11)17(21-10-20-15)22-13-5-3-12(4-6-13)18(25)19-9-16(23)24/h2-8,10H,9H2,1H3,(H,19,25)(H,23,24)(H,20,21,22). The van der Waals surface area contributed by atoms with Gasteiger partial charge in [-0.15, -0.1) is 0 Å². The van der Waals surface area contributed by atoms with Crippen LogP contribution in [0.5, 0.6) is 0 Å². The van der Waals surface area contributed by atoms with Gasteiger partial charge in [0, 0.05) is 16.6 Å². The van der Waals surface area contributed by atoms with E-state index in [2.05, 4.69) is 20.6 Å². The fourth-order valence-corrected chi connectivity index (χ4v) is 2.37. The molecule has 2 aromatic carbocycles. The van der Waals surface area contributed by atoms with Crippen LogP contribution < -0.4 is 10.6 Å². The highest BCUT2D eigenvalue weighted by Crippen LogP contribution is 2.24. The number of amides is 1. The summed E-state index contributed by atoms with van der Waals surface area (Å²) < 4.78 is 0. The quantitative estimate of drug-likeness (QED) is 0.661. The van der Waals surface area contributed by atoms with Crippen LogP contribution in [-0.4, -0.2) is 33.5 Å². The van der Waals surface area contributed by atoms with E-state index in [0.29, 0.717) is 11.4 Å². The largest absolute Gasteiger partial charge is 0.480 e. The summed E-state index contributed by atoms with van der Waals surface area (Å²) in [5, 5.41) is 15.0. The molecule has 7 heteroatoms. The number of carbonyl (C=O) groups is 2. The molecule has 3 rings (SSSR count). The van der Waals surface area contributed by atoms with Crippen molar-refractivity contribution in [2.75, 3.05) is 11.9 Å². The average molecular weight is 336 g/mol. The van der Waals surface area contributed by atoms with Crippen molar-refractivity contribution >= 4 is 34.3 Å². The maximum atomic E-state index is 11.8. The Morgan fingerprint density at radius 2 is 1.84 bits per heavy atom. The van der Waals surface area contributed by atoms with Crippen LogP contribution in [-0.2, 0) is 4.79 Å². The van der Waals surface area contributed by atoms with Crippen molar-refractivity contribution in [3.8, 4) is 0 Å². The molecule has 0 saturated carbocycles. The van der Waals surface area contributed by atoms with E-state index in [1.54, 1.807) is 24.3 Å². The Morgan fingerprint density at radius 3 is 2.56 bits per heavy atom. The van der Waals surface area contributed by atoms with Crippen molar-refractivity contribution in [3.05, 3.63) is 59.9 Å². The number of carboxylic acids is 1. The zero-order valence-electron chi connectivity index (χ0n) is 13.5. The summed E-state index contributed by atoms with van der Waals surface area (Å²) in [6, 6.07) is 12.6. The lowest BCUT2D eigenvalue weighted by Gasteiger charge is -2.09. The van der Waals surface area contributed by atoms with Crippen molar-refractivity contribution in [3.63, 3.8) is 0 Å². The number of anilines is 2. The molecule has 25 heavy (non-hydrogen) atoms. The van der Waals surface area contributed by atoms with E-state index in [9.17, 15) is 9.59 Å². The smallest absolute Gasteiger partial charge is 0.322 e. The highest BCUT2D eigenvalue weighted by Gasteiger charge is 2.08. The molecule has 0 fully saturated rings. The maximum Gasteiger partial charge on any atom is 0.322 e. The van der Waals surface area contributed by atoms with Gasteiger partial charge in [-0.3, -0.25) is 9.59 Å². The third-order valence-electron chi connectivity index (χ3n) is 3.60. The lowest BCUT2D eigenvalue weighted by Crippen LogP contribution is -2.29. The third kappa shape index (κ3) is 3.89. The Labute approximate surface area is 143 Å². The van der Waals surface area contributed by atoms with Gasteiger partial charge in [-0.05, 0) is 43.3 Å². The Morgan fingerprint density at radius 1 is 1.08 bits per heavy atom. The molecule has 0 radical (unpaired) electrons. The number of aromatic nitrogens is 2. The molecule has 3 aromatic rings. The molecule has 0 aliphatic heterocycles. The Bertz CT molecular complexity index is 939. The van der Waals surface area contributed by atoms with Gasteiger partial charge in [0.2, 0.25) is 0 Å². The molecule has 0 aliphatic rings. The number of hydrogen-bond acceptors (Lipinski definition) is 5. The SMILES string of the molecule is Cc1ccc2ncnc(Nc3ccc(C(=O)NCC(=O)O)cc3)c2c1. The summed E-state index contributed by atoms with van der Waals surface area (Å²) in [6.45, 7) is 1.59. The zero-order chi connectivity index (χ0) is 17.8. The monoisotopic (exact) mass is 336 g/mol. The second-order valence-corrected chi connectivity index (χ2v) is 5.52. The summed E-state index contributed by atoms with van der Waals surface area (Å²) in [5.41, 5.74) is 3.09. The van der Waals surface area contributed by atoms with Gasteiger partial charge < -0.3 is 15.7 Å². The average Bonchev–Trinajstić information content (AvgIpc) is 2.61. The second-order valence-electron chi connectivity index (χ2n) is 5.52. The molecule has 0 unspecified atom stereocenters. The fraction of sp³-hybridized carbons (Fsp3) is 0.111. The van der Waals surface area contributed by atoms with E-state index in [0.717, 1.165) is 22.2 Å². The van der Waals surface area contributed by atoms with Gasteiger partial charge in [0.1, 0.15) is 18.7 Å². The minimum Gasteiger partial charge on any atom is -0.480 e. The minimum atomic E-state index is -1.09. The number of hydrogen-bond donors (Lipinski definition) is 3. The Kier molecular flexibility index (Phi) is 4.56. The first-order valence-electron chi connectivity index (χ1n) is 7.61. The first-order valence-corrected chi connectivity index (χ1v) is 7.61. The van der Waals surface area contributed by atoms with Gasteiger partial charge in [-0.2, -0.15) is 0 Å². The molecular formula is C18H16N4O3. The van der Waals surface area contributed by atoms with Crippen molar-refractivity contribution in [2.24, 2.45) is 0 Å². The maximum absolute atomic E-state index is 11.8. The first kappa shape index (κ1) is 16.4. The third-order valence-corrected chi connectivity index (χ3v) is 3.60. The number of fused-ring (bicyclic) bond motifs is 1. The summed E-state index contributed by atoms with van der Waals surface area (Å²) in [4.78, 5) is 30.8. The van der Waals surface area contributed by atoms with Crippen LogP contribution in [0.3, 0.4) is 0 Å². The van der Waals surface area contributed by atoms with Crippen LogP contribution in [0.2, 0.25) is 0 Å². The molecule has 7 nitrogen and oxygen atoms in total. The fourth-order valence-electron chi connectivity index (χ4n) is 2.37. The molecule has 0 aliphatic carbocycles. The van der Waals surface area contributed by atoms with Gasteiger partial charge in [0.15, 0.2) is 0 Å². The second kappa shape index (κ2) is 6.96. The number of aryl methyl sites for hydroxylation is 1. The van der Waals surface area contributed by atoms with Crippen LogP contribution >= 0.6 is 0 Å². The molecule has 0 bridgehead atoms. The molecule has 0 atom stereocenters. The van der Waals surface area contributed by atoms with Crippen LogP contribution in [0.1, 0.15) is 15.9 Å². The summed E-state index contributed by atoms with van der Waals surface area (Å²) in [7, 11) is 0. The molecule has 126 valence electrons. The van der Waals surface area contributed by atoms with E-state index in [-0.39, 0.29) is 0 Å². The number of aliphatic carboxylic acids is 1. The summed E-state index contributed by atoms with van der Waals surface area (Å²) >= 11 is 0. The topological polar surface area (TPSA) is 104 Å². The molecular weight excluding hydrogens is 320 g/mol. The number of benzene rings is 2. The van der Waals surface area contributed by atoms with Crippen molar-refractivity contribution in [1.82, 2.24) is 15.3 Å². The normalized spacial score (nSPS) is 10.4. The number of nitrogens with one attached hydrogen (secondary N) is 2. The van der Waals surface area contributed by atoms with E-state index < -0.39 is 18.4 Å². The lowest BCUT2D eigenvalue weighted by atomic mass is 10.1. The van der Waals surface area contributed by atoms with Crippen LogP contribution in [0.15, 0.2) is 48.8 Å². The van der Waals surface area contributed by atoms with Crippen LogP contribution in [0.4, 0.5) is 11.5 Å². The number of nitrogens with zero attached hydrogens (tertiary/aromatic N) is 2. The Hall–Kier alpha value is -3.48. The first-order chi connectivity index (χ1) is 12.0. The van der Waals surface area contributed by atoms with Crippen LogP contribution in [0.25, 0.3) is 10.9 Å².